The van der Waals surface area contributed by atoms with Crippen molar-refractivity contribution >= 4 is 0 Å². The molecule has 0 fully saturated rings. The molecule has 0 unspecified atom stereocenters. The van der Waals surface area contributed by atoms with E-state index in [2.05, 4.69) is 4.98 Å². The number of nitrogens with zero attached hydrogens (tertiary/aromatic N) is 2. The zero-order chi connectivity index (χ0) is 9.97. The van der Waals surface area contributed by atoms with E-state index in [1.54, 1.807) is 6.07 Å². The molecule has 1 aromatic rings. The second kappa shape index (κ2) is 3.95. The second-order valence-corrected chi connectivity index (χ2v) is 3.82. The SMILES string of the molecule is CCc1cc(=O)n2c(n1)CCCCC2. The summed E-state index contributed by atoms with van der Waals surface area (Å²) in [5, 5.41) is 0. The number of fused-ring (bicyclic) bond motifs is 1. The highest BCUT2D eigenvalue weighted by molar-refractivity contribution is 5.05. The van der Waals surface area contributed by atoms with Crippen LogP contribution < -0.4 is 5.56 Å². The topological polar surface area (TPSA) is 34.9 Å². The Morgan fingerprint density at radius 1 is 1.43 bits per heavy atom. The van der Waals surface area contributed by atoms with Crippen LogP contribution in [0.3, 0.4) is 0 Å². The van der Waals surface area contributed by atoms with E-state index in [1.165, 1.54) is 12.8 Å². The van der Waals surface area contributed by atoms with E-state index in [1.807, 2.05) is 11.5 Å². The van der Waals surface area contributed by atoms with Crippen LogP contribution in [0, 0.1) is 0 Å². The summed E-state index contributed by atoms with van der Waals surface area (Å²) in [6.07, 6.45) is 5.30. The van der Waals surface area contributed by atoms with Crippen LogP contribution in [-0.4, -0.2) is 9.55 Å². The molecule has 0 saturated heterocycles. The van der Waals surface area contributed by atoms with Crippen molar-refractivity contribution in [2.24, 2.45) is 0 Å². The number of rotatable bonds is 1. The Bertz CT molecular complexity index is 381. The Kier molecular flexibility index (Phi) is 2.66. The Balaban J connectivity index is 2.48. The lowest BCUT2D eigenvalue weighted by atomic mass is 10.2. The lowest BCUT2D eigenvalue weighted by Crippen LogP contribution is -2.24. The van der Waals surface area contributed by atoms with Gasteiger partial charge in [-0.15, -0.1) is 0 Å². The Morgan fingerprint density at radius 2 is 2.29 bits per heavy atom. The molecule has 3 heteroatoms. The van der Waals surface area contributed by atoms with Gasteiger partial charge in [0, 0.05) is 24.7 Å². The number of aryl methyl sites for hydroxylation is 2. The molecule has 0 amide bonds. The smallest absolute Gasteiger partial charge is 0.253 e. The van der Waals surface area contributed by atoms with E-state index in [-0.39, 0.29) is 5.56 Å². The van der Waals surface area contributed by atoms with Gasteiger partial charge >= 0.3 is 0 Å². The molecule has 0 spiro atoms. The zero-order valence-electron chi connectivity index (χ0n) is 8.62. The maximum Gasteiger partial charge on any atom is 0.253 e. The average molecular weight is 192 g/mol. The van der Waals surface area contributed by atoms with Crippen molar-refractivity contribution in [2.75, 3.05) is 0 Å². The fourth-order valence-corrected chi connectivity index (χ4v) is 1.95. The molecular weight excluding hydrogens is 176 g/mol. The molecule has 0 aliphatic carbocycles. The molecule has 1 aliphatic heterocycles. The van der Waals surface area contributed by atoms with Crippen molar-refractivity contribution in [1.29, 1.82) is 0 Å². The summed E-state index contributed by atoms with van der Waals surface area (Å²) < 4.78 is 1.84. The molecular formula is C11H16N2O. The van der Waals surface area contributed by atoms with Gasteiger partial charge < -0.3 is 0 Å². The van der Waals surface area contributed by atoms with Crippen LogP contribution in [-0.2, 0) is 19.4 Å². The molecule has 76 valence electrons. The molecule has 3 nitrogen and oxygen atoms in total. The van der Waals surface area contributed by atoms with E-state index in [9.17, 15) is 4.79 Å². The van der Waals surface area contributed by atoms with Gasteiger partial charge in [0.1, 0.15) is 5.82 Å². The van der Waals surface area contributed by atoms with Crippen molar-refractivity contribution < 1.29 is 0 Å². The standard InChI is InChI=1S/C11H16N2O/c1-2-9-8-11(14)13-7-5-3-4-6-10(13)12-9/h8H,2-7H2,1H3. The van der Waals surface area contributed by atoms with Crippen LogP contribution in [0.5, 0.6) is 0 Å². The van der Waals surface area contributed by atoms with Crippen LogP contribution in [0.1, 0.15) is 37.7 Å². The fraction of sp³-hybridized carbons (Fsp3) is 0.636. The minimum absolute atomic E-state index is 0.133. The third-order valence-electron chi connectivity index (χ3n) is 2.78. The van der Waals surface area contributed by atoms with E-state index < -0.39 is 0 Å². The van der Waals surface area contributed by atoms with Crippen LogP contribution in [0.25, 0.3) is 0 Å². The Morgan fingerprint density at radius 3 is 3.07 bits per heavy atom. The molecule has 0 aromatic carbocycles. The van der Waals surface area contributed by atoms with Crippen molar-refractivity contribution in [2.45, 2.75) is 45.6 Å². The Labute approximate surface area is 83.8 Å². The highest BCUT2D eigenvalue weighted by Crippen LogP contribution is 2.10. The largest absolute Gasteiger partial charge is 0.297 e. The molecule has 0 bridgehead atoms. The van der Waals surface area contributed by atoms with Crippen molar-refractivity contribution in [3.05, 3.63) is 27.9 Å². The highest BCUT2D eigenvalue weighted by atomic mass is 16.1. The summed E-state index contributed by atoms with van der Waals surface area (Å²) in [5.41, 5.74) is 1.07. The van der Waals surface area contributed by atoms with E-state index >= 15 is 0 Å². The average Bonchev–Trinajstić information content (AvgIpc) is 2.42. The van der Waals surface area contributed by atoms with Crippen LogP contribution >= 0.6 is 0 Å². The molecule has 0 N–H and O–H groups in total. The molecule has 2 heterocycles. The minimum atomic E-state index is 0.133. The van der Waals surface area contributed by atoms with E-state index in [0.717, 1.165) is 37.3 Å². The highest BCUT2D eigenvalue weighted by Gasteiger charge is 2.10. The van der Waals surface area contributed by atoms with Crippen molar-refractivity contribution in [3.63, 3.8) is 0 Å². The number of hydrogen-bond donors (Lipinski definition) is 0. The van der Waals surface area contributed by atoms with Crippen molar-refractivity contribution in [1.82, 2.24) is 9.55 Å². The maximum absolute atomic E-state index is 11.7. The van der Waals surface area contributed by atoms with Gasteiger partial charge in [-0.25, -0.2) is 4.98 Å². The van der Waals surface area contributed by atoms with Crippen LogP contribution in [0.15, 0.2) is 10.9 Å². The molecule has 0 saturated carbocycles. The molecule has 14 heavy (non-hydrogen) atoms. The van der Waals surface area contributed by atoms with Crippen LogP contribution in [0.4, 0.5) is 0 Å². The lowest BCUT2D eigenvalue weighted by Gasteiger charge is -2.08. The normalized spacial score (nSPS) is 16.1. The second-order valence-electron chi connectivity index (χ2n) is 3.82. The summed E-state index contributed by atoms with van der Waals surface area (Å²) >= 11 is 0. The number of hydrogen-bond acceptors (Lipinski definition) is 2. The summed E-state index contributed by atoms with van der Waals surface area (Å²) in [4.78, 5) is 16.2. The van der Waals surface area contributed by atoms with Gasteiger partial charge in [0.2, 0.25) is 0 Å². The maximum atomic E-state index is 11.7. The molecule has 0 atom stereocenters. The lowest BCUT2D eigenvalue weighted by molar-refractivity contribution is 0.605. The first-order chi connectivity index (χ1) is 6.81. The fourth-order valence-electron chi connectivity index (χ4n) is 1.95. The molecule has 1 aromatic heterocycles. The number of aromatic nitrogens is 2. The van der Waals surface area contributed by atoms with Gasteiger partial charge in [0.05, 0.1) is 0 Å². The van der Waals surface area contributed by atoms with Gasteiger partial charge in [0.15, 0.2) is 0 Å². The van der Waals surface area contributed by atoms with Gasteiger partial charge in [-0.05, 0) is 19.3 Å². The quantitative estimate of drug-likeness (QED) is 0.676. The third-order valence-corrected chi connectivity index (χ3v) is 2.78. The third kappa shape index (κ3) is 1.72. The first-order valence-electron chi connectivity index (χ1n) is 5.41. The summed E-state index contributed by atoms with van der Waals surface area (Å²) in [5.74, 6) is 0.992. The van der Waals surface area contributed by atoms with E-state index in [4.69, 9.17) is 0 Å². The first-order valence-corrected chi connectivity index (χ1v) is 5.41. The predicted octanol–water partition coefficient (Wildman–Crippen LogP) is 1.53. The first kappa shape index (κ1) is 9.44. The predicted molar refractivity (Wildman–Crippen MR) is 55.4 cm³/mol. The molecule has 1 aliphatic rings. The van der Waals surface area contributed by atoms with Gasteiger partial charge in [-0.1, -0.05) is 13.3 Å². The van der Waals surface area contributed by atoms with Crippen molar-refractivity contribution in [3.8, 4) is 0 Å². The summed E-state index contributed by atoms with van der Waals surface area (Å²) in [7, 11) is 0. The summed E-state index contributed by atoms with van der Waals surface area (Å²) in [6, 6.07) is 1.68. The summed E-state index contributed by atoms with van der Waals surface area (Å²) in [6.45, 7) is 2.89. The zero-order valence-corrected chi connectivity index (χ0v) is 8.62. The van der Waals surface area contributed by atoms with E-state index in [0.29, 0.717) is 0 Å². The minimum Gasteiger partial charge on any atom is -0.297 e. The van der Waals surface area contributed by atoms with Gasteiger partial charge in [0.25, 0.3) is 5.56 Å². The monoisotopic (exact) mass is 192 g/mol. The molecule has 2 rings (SSSR count). The van der Waals surface area contributed by atoms with Crippen LogP contribution in [0.2, 0.25) is 0 Å². The van der Waals surface area contributed by atoms with Gasteiger partial charge in [-0.3, -0.25) is 9.36 Å². The van der Waals surface area contributed by atoms with Gasteiger partial charge in [-0.2, -0.15) is 0 Å². The molecule has 0 radical (unpaired) electrons. The Hall–Kier alpha value is -1.12.